The summed E-state index contributed by atoms with van der Waals surface area (Å²) in [5.74, 6) is 2.36. The van der Waals surface area contributed by atoms with E-state index in [1.54, 1.807) is 0 Å². The van der Waals surface area contributed by atoms with Crippen LogP contribution in [0.15, 0.2) is 0 Å². The SMILES string of the molecule is C#CCNCC(=O)NCC. The Labute approximate surface area is 61.2 Å². The Morgan fingerprint density at radius 2 is 2.40 bits per heavy atom. The predicted molar refractivity (Wildman–Crippen MR) is 40.4 cm³/mol. The number of rotatable bonds is 4. The summed E-state index contributed by atoms with van der Waals surface area (Å²) in [5, 5.41) is 5.41. The van der Waals surface area contributed by atoms with Gasteiger partial charge >= 0.3 is 0 Å². The Hall–Kier alpha value is -1.01. The summed E-state index contributed by atoms with van der Waals surface area (Å²) in [6, 6.07) is 0. The molecule has 1 amide bonds. The van der Waals surface area contributed by atoms with Gasteiger partial charge in [-0.2, -0.15) is 0 Å². The lowest BCUT2D eigenvalue weighted by Gasteiger charge is -2.00. The minimum absolute atomic E-state index is 0.0160. The molecule has 0 atom stereocenters. The molecule has 0 bridgehead atoms. The van der Waals surface area contributed by atoms with Crippen molar-refractivity contribution in [1.82, 2.24) is 10.6 Å². The zero-order valence-corrected chi connectivity index (χ0v) is 6.11. The van der Waals surface area contributed by atoms with Crippen LogP contribution in [0.25, 0.3) is 0 Å². The first-order chi connectivity index (χ1) is 4.81. The van der Waals surface area contributed by atoms with Crippen LogP contribution in [0.5, 0.6) is 0 Å². The number of likely N-dealkylation sites (N-methyl/N-ethyl adjacent to an activating group) is 1. The van der Waals surface area contributed by atoms with E-state index in [-0.39, 0.29) is 5.91 Å². The maximum absolute atomic E-state index is 10.7. The molecule has 0 aliphatic heterocycles. The molecular formula is C7H12N2O. The normalized spacial score (nSPS) is 8.40. The molecule has 0 aromatic heterocycles. The number of nitrogens with one attached hydrogen (secondary N) is 2. The standard InChI is InChI=1S/C7H12N2O/c1-3-5-8-6-7(10)9-4-2/h1,8H,4-6H2,2H3,(H,9,10). The van der Waals surface area contributed by atoms with Gasteiger partial charge in [0.1, 0.15) is 0 Å². The van der Waals surface area contributed by atoms with E-state index < -0.39 is 0 Å². The number of carbonyl (C=O) groups is 1. The molecule has 10 heavy (non-hydrogen) atoms. The molecule has 2 N–H and O–H groups in total. The number of hydrogen-bond donors (Lipinski definition) is 2. The zero-order valence-electron chi connectivity index (χ0n) is 6.11. The molecule has 0 unspecified atom stereocenters. The maximum Gasteiger partial charge on any atom is 0.233 e. The third kappa shape index (κ3) is 5.13. The first-order valence-corrected chi connectivity index (χ1v) is 3.22. The van der Waals surface area contributed by atoms with Crippen molar-refractivity contribution < 1.29 is 4.79 Å². The quantitative estimate of drug-likeness (QED) is 0.402. The van der Waals surface area contributed by atoms with E-state index in [4.69, 9.17) is 6.42 Å². The van der Waals surface area contributed by atoms with Crippen molar-refractivity contribution in [2.24, 2.45) is 0 Å². The summed E-state index contributed by atoms with van der Waals surface area (Å²) in [7, 11) is 0. The lowest BCUT2D eigenvalue weighted by Crippen LogP contribution is -2.33. The monoisotopic (exact) mass is 140 g/mol. The van der Waals surface area contributed by atoms with E-state index in [0.717, 1.165) is 0 Å². The Kier molecular flexibility index (Phi) is 5.50. The van der Waals surface area contributed by atoms with E-state index in [9.17, 15) is 4.79 Å². The molecule has 0 saturated heterocycles. The number of amides is 1. The zero-order chi connectivity index (χ0) is 7.82. The Morgan fingerprint density at radius 1 is 1.70 bits per heavy atom. The van der Waals surface area contributed by atoms with Gasteiger partial charge in [-0.25, -0.2) is 0 Å². The van der Waals surface area contributed by atoms with E-state index in [1.807, 2.05) is 6.92 Å². The van der Waals surface area contributed by atoms with Gasteiger partial charge in [-0.15, -0.1) is 6.42 Å². The van der Waals surface area contributed by atoms with Gasteiger partial charge in [-0.1, -0.05) is 5.92 Å². The molecule has 0 saturated carbocycles. The fraction of sp³-hybridized carbons (Fsp3) is 0.571. The summed E-state index contributed by atoms with van der Waals surface area (Å²) in [5.41, 5.74) is 0. The van der Waals surface area contributed by atoms with Crippen molar-refractivity contribution in [3.63, 3.8) is 0 Å². The second-order valence-corrected chi connectivity index (χ2v) is 1.76. The summed E-state index contributed by atoms with van der Waals surface area (Å²) >= 11 is 0. The van der Waals surface area contributed by atoms with Crippen molar-refractivity contribution in [2.75, 3.05) is 19.6 Å². The minimum atomic E-state index is -0.0160. The van der Waals surface area contributed by atoms with Crippen LogP contribution in [0.1, 0.15) is 6.92 Å². The van der Waals surface area contributed by atoms with Gasteiger partial charge in [0.15, 0.2) is 0 Å². The highest BCUT2D eigenvalue weighted by atomic mass is 16.1. The first-order valence-electron chi connectivity index (χ1n) is 3.22. The van der Waals surface area contributed by atoms with Crippen molar-refractivity contribution in [3.05, 3.63) is 0 Å². The van der Waals surface area contributed by atoms with Gasteiger partial charge in [0.2, 0.25) is 5.91 Å². The molecule has 0 radical (unpaired) electrons. The highest BCUT2D eigenvalue weighted by molar-refractivity contribution is 5.77. The summed E-state index contributed by atoms with van der Waals surface area (Å²) in [6.07, 6.45) is 4.94. The van der Waals surface area contributed by atoms with Gasteiger partial charge in [0.25, 0.3) is 0 Å². The van der Waals surface area contributed by atoms with Crippen molar-refractivity contribution in [3.8, 4) is 12.3 Å². The smallest absolute Gasteiger partial charge is 0.233 e. The molecule has 0 aliphatic rings. The minimum Gasteiger partial charge on any atom is -0.355 e. The molecular weight excluding hydrogens is 128 g/mol. The highest BCUT2D eigenvalue weighted by Crippen LogP contribution is 1.61. The Bertz CT molecular complexity index is 137. The van der Waals surface area contributed by atoms with Crippen LogP contribution in [0.2, 0.25) is 0 Å². The van der Waals surface area contributed by atoms with E-state index in [0.29, 0.717) is 19.6 Å². The molecule has 0 aliphatic carbocycles. The molecule has 3 nitrogen and oxygen atoms in total. The third-order valence-electron chi connectivity index (χ3n) is 0.887. The lowest BCUT2D eigenvalue weighted by atomic mass is 10.5. The average molecular weight is 140 g/mol. The molecule has 0 spiro atoms. The van der Waals surface area contributed by atoms with Crippen LogP contribution in [0, 0.1) is 12.3 Å². The van der Waals surface area contributed by atoms with E-state index in [1.165, 1.54) is 0 Å². The number of hydrogen-bond acceptors (Lipinski definition) is 2. The Morgan fingerprint density at radius 3 is 2.90 bits per heavy atom. The van der Waals surface area contributed by atoms with E-state index in [2.05, 4.69) is 16.6 Å². The molecule has 0 heterocycles. The fourth-order valence-corrected chi connectivity index (χ4v) is 0.508. The average Bonchev–Trinajstić information content (AvgIpc) is 1.89. The second kappa shape index (κ2) is 6.12. The molecule has 0 fully saturated rings. The molecule has 56 valence electrons. The van der Waals surface area contributed by atoms with Gasteiger partial charge in [-0.3, -0.25) is 10.1 Å². The van der Waals surface area contributed by atoms with Crippen LogP contribution in [-0.4, -0.2) is 25.5 Å². The number of carbonyl (C=O) groups excluding carboxylic acids is 1. The summed E-state index contributed by atoms with van der Waals surface area (Å²) in [4.78, 5) is 10.7. The molecule has 3 heteroatoms. The Balaban J connectivity index is 3.15. The first kappa shape index (κ1) is 8.99. The van der Waals surface area contributed by atoms with Crippen LogP contribution in [0.4, 0.5) is 0 Å². The fourth-order valence-electron chi connectivity index (χ4n) is 0.508. The third-order valence-corrected chi connectivity index (χ3v) is 0.887. The summed E-state index contributed by atoms with van der Waals surface area (Å²) < 4.78 is 0. The predicted octanol–water partition coefficient (Wildman–Crippen LogP) is -0.655. The van der Waals surface area contributed by atoms with Crippen molar-refractivity contribution in [2.45, 2.75) is 6.92 Å². The largest absolute Gasteiger partial charge is 0.355 e. The van der Waals surface area contributed by atoms with Crippen LogP contribution in [0.3, 0.4) is 0 Å². The lowest BCUT2D eigenvalue weighted by molar-refractivity contribution is -0.120. The summed E-state index contributed by atoms with van der Waals surface area (Å²) in [6.45, 7) is 3.28. The highest BCUT2D eigenvalue weighted by Gasteiger charge is 1.94. The molecule has 0 rings (SSSR count). The van der Waals surface area contributed by atoms with Crippen LogP contribution >= 0.6 is 0 Å². The maximum atomic E-state index is 10.7. The molecule has 0 aromatic rings. The van der Waals surface area contributed by atoms with Crippen LogP contribution < -0.4 is 10.6 Å². The van der Waals surface area contributed by atoms with Gasteiger partial charge in [0, 0.05) is 6.54 Å². The van der Waals surface area contributed by atoms with E-state index >= 15 is 0 Å². The molecule has 0 aromatic carbocycles. The van der Waals surface area contributed by atoms with Gasteiger partial charge in [-0.05, 0) is 6.92 Å². The van der Waals surface area contributed by atoms with Crippen molar-refractivity contribution >= 4 is 5.91 Å². The van der Waals surface area contributed by atoms with Crippen LogP contribution in [-0.2, 0) is 4.79 Å². The topological polar surface area (TPSA) is 41.1 Å². The second-order valence-electron chi connectivity index (χ2n) is 1.76. The van der Waals surface area contributed by atoms with Crippen molar-refractivity contribution in [1.29, 1.82) is 0 Å². The number of terminal acetylenes is 1. The van der Waals surface area contributed by atoms with Gasteiger partial charge in [0.05, 0.1) is 13.1 Å². The van der Waals surface area contributed by atoms with Gasteiger partial charge < -0.3 is 5.32 Å².